The molecule has 0 spiro atoms. The molecule has 0 amide bonds. The molecule has 1 rings (SSSR count). The summed E-state index contributed by atoms with van der Waals surface area (Å²) in [5, 5.41) is 10.3. The Bertz CT molecular complexity index is 327. The van der Waals surface area contributed by atoms with Gasteiger partial charge in [0, 0.05) is 0 Å². The summed E-state index contributed by atoms with van der Waals surface area (Å²) in [6.07, 6.45) is 0.912. The lowest BCUT2D eigenvalue weighted by molar-refractivity contribution is -0.402. The molecule has 86 valence electrons. The molecule has 0 aliphatic rings. The van der Waals surface area contributed by atoms with Crippen molar-refractivity contribution in [2.45, 2.75) is 26.3 Å². The largest absolute Gasteiger partial charge is 0.433 e. The minimum absolute atomic E-state index is 0. The van der Waals surface area contributed by atoms with E-state index in [1.54, 1.807) is 6.07 Å². The minimum Gasteiger partial charge on any atom is -0.404 e. The Morgan fingerprint density at radius 2 is 2.20 bits per heavy atom. The molecule has 0 aromatic carbocycles. The molecule has 0 saturated carbocycles. The highest BCUT2D eigenvalue weighted by Crippen LogP contribution is 2.26. The van der Waals surface area contributed by atoms with Crippen molar-refractivity contribution in [2.75, 3.05) is 0 Å². The second-order valence-electron chi connectivity index (χ2n) is 3.34. The lowest BCUT2D eigenvalue weighted by Gasteiger charge is -2.14. The molecule has 1 aromatic heterocycles. The Morgan fingerprint density at radius 3 is 2.60 bits per heavy atom. The van der Waals surface area contributed by atoms with Crippen LogP contribution in [0.3, 0.4) is 0 Å². The first-order valence-corrected chi connectivity index (χ1v) is 4.56. The predicted octanol–water partition coefficient (Wildman–Crippen LogP) is 2.66. The van der Waals surface area contributed by atoms with Crippen molar-refractivity contribution in [1.29, 1.82) is 0 Å². The molecular formula is C9H15ClN2O3. The van der Waals surface area contributed by atoms with Crippen molar-refractivity contribution in [3.05, 3.63) is 28.0 Å². The van der Waals surface area contributed by atoms with Gasteiger partial charge in [0.2, 0.25) is 0 Å². The molecule has 0 fully saturated rings. The monoisotopic (exact) mass is 234 g/mol. The van der Waals surface area contributed by atoms with Gasteiger partial charge in [-0.1, -0.05) is 20.3 Å². The first-order valence-electron chi connectivity index (χ1n) is 4.56. The second kappa shape index (κ2) is 5.72. The summed E-state index contributed by atoms with van der Waals surface area (Å²) >= 11 is 0. The average molecular weight is 235 g/mol. The zero-order valence-electron chi connectivity index (χ0n) is 8.67. The molecule has 15 heavy (non-hydrogen) atoms. The van der Waals surface area contributed by atoms with Crippen LogP contribution in [-0.2, 0) is 0 Å². The van der Waals surface area contributed by atoms with Crippen molar-refractivity contribution in [3.63, 3.8) is 0 Å². The summed E-state index contributed by atoms with van der Waals surface area (Å²) in [6.45, 7) is 4.00. The van der Waals surface area contributed by atoms with Crippen LogP contribution in [0.25, 0.3) is 0 Å². The van der Waals surface area contributed by atoms with E-state index in [1.807, 2.05) is 13.8 Å². The van der Waals surface area contributed by atoms with Crippen LogP contribution in [0.15, 0.2) is 16.5 Å². The highest BCUT2D eigenvalue weighted by atomic mass is 35.5. The summed E-state index contributed by atoms with van der Waals surface area (Å²) in [7, 11) is 0. The zero-order chi connectivity index (χ0) is 10.7. The maximum Gasteiger partial charge on any atom is 0.433 e. The number of halogens is 1. The van der Waals surface area contributed by atoms with E-state index in [0.717, 1.165) is 6.42 Å². The molecule has 0 bridgehead atoms. The van der Waals surface area contributed by atoms with Crippen LogP contribution in [0, 0.1) is 16.0 Å². The zero-order valence-corrected chi connectivity index (χ0v) is 9.49. The van der Waals surface area contributed by atoms with Gasteiger partial charge in [0.1, 0.15) is 10.7 Å². The van der Waals surface area contributed by atoms with Gasteiger partial charge < -0.3 is 10.2 Å². The smallest absolute Gasteiger partial charge is 0.404 e. The third-order valence-corrected chi connectivity index (χ3v) is 2.38. The minimum atomic E-state index is -0.563. The van der Waals surface area contributed by atoms with E-state index in [9.17, 15) is 10.1 Å². The molecule has 2 N–H and O–H groups in total. The Labute approximate surface area is 94.2 Å². The van der Waals surface area contributed by atoms with Crippen LogP contribution in [0.5, 0.6) is 0 Å². The normalized spacial score (nSPS) is 14.1. The van der Waals surface area contributed by atoms with E-state index < -0.39 is 4.92 Å². The molecule has 1 heterocycles. The lowest BCUT2D eigenvalue weighted by atomic mass is 9.98. The molecule has 1 unspecified atom stereocenters. The summed E-state index contributed by atoms with van der Waals surface area (Å²) in [4.78, 5) is 9.78. The van der Waals surface area contributed by atoms with Crippen molar-refractivity contribution in [1.82, 2.24) is 0 Å². The SMILES string of the molecule is CCC(C)[C@@H](N)c1ccc([N+](=O)[O-])o1.Cl. The number of hydrogen-bond donors (Lipinski definition) is 1. The van der Waals surface area contributed by atoms with Crippen LogP contribution in [0.2, 0.25) is 0 Å². The van der Waals surface area contributed by atoms with Gasteiger partial charge in [0.05, 0.1) is 12.1 Å². The molecule has 0 aliphatic carbocycles. The van der Waals surface area contributed by atoms with E-state index in [1.165, 1.54) is 6.07 Å². The summed E-state index contributed by atoms with van der Waals surface area (Å²) in [5.74, 6) is 0.477. The van der Waals surface area contributed by atoms with Gasteiger partial charge in [-0.25, -0.2) is 0 Å². The van der Waals surface area contributed by atoms with Crippen molar-refractivity contribution >= 4 is 18.3 Å². The van der Waals surface area contributed by atoms with Gasteiger partial charge in [-0.15, -0.1) is 12.4 Å². The van der Waals surface area contributed by atoms with Gasteiger partial charge >= 0.3 is 5.88 Å². The Morgan fingerprint density at radius 1 is 1.60 bits per heavy atom. The molecule has 0 aliphatic heterocycles. The molecule has 1 aromatic rings. The van der Waals surface area contributed by atoms with E-state index in [0.29, 0.717) is 5.76 Å². The van der Waals surface area contributed by atoms with E-state index in [2.05, 4.69) is 0 Å². The van der Waals surface area contributed by atoms with Gasteiger partial charge in [-0.2, -0.15) is 0 Å². The standard InChI is InChI=1S/C9H14N2O3.ClH/c1-3-6(2)9(10)7-4-5-8(14-7)11(12)13;/h4-6,9H,3,10H2,1-2H3;1H/t6?,9-;/m1./s1. The van der Waals surface area contributed by atoms with Crippen LogP contribution < -0.4 is 5.73 Å². The number of hydrogen-bond acceptors (Lipinski definition) is 4. The number of furan rings is 1. The van der Waals surface area contributed by atoms with Crippen LogP contribution >= 0.6 is 12.4 Å². The highest BCUT2D eigenvalue weighted by Gasteiger charge is 2.20. The van der Waals surface area contributed by atoms with Crippen LogP contribution in [-0.4, -0.2) is 4.92 Å². The number of rotatable bonds is 4. The summed E-state index contributed by atoms with van der Waals surface area (Å²) in [6, 6.07) is 2.63. The third-order valence-electron chi connectivity index (χ3n) is 2.38. The summed E-state index contributed by atoms with van der Waals surface area (Å²) < 4.78 is 5.01. The summed E-state index contributed by atoms with van der Waals surface area (Å²) in [5.41, 5.74) is 5.85. The molecule has 6 heteroatoms. The topological polar surface area (TPSA) is 82.3 Å². The lowest BCUT2D eigenvalue weighted by Crippen LogP contribution is -2.17. The molecule has 0 radical (unpaired) electrons. The van der Waals surface area contributed by atoms with Crippen LogP contribution in [0.1, 0.15) is 32.1 Å². The van der Waals surface area contributed by atoms with E-state index >= 15 is 0 Å². The molecular weight excluding hydrogens is 220 g/mol. The van der Waals surface area contributed by atoms with Gasteiger partial charge in [-0.3, -0.25) is 10.1 Å². The number of nitrogens with zero attached hydrogens (tertiary/aromatic N) is 1. The predicted molar refractivity (Wildman–Crippen MR) is 59.0 cm³/mol. The van der Waals surface area contributed by atoms with Crippen molar-refractivity contribution in [2.24, 2.45) is 11.7 Å². The highest BCUT2D eigenvalue weighted by molar-refractivity contribution is 5.85. The Kier molecular flexibility index (Phi) is 5.32. The number of nitrogens with two attached hydrogens (primary N) is 1. The van der Waals surface area contributed by atoms with Gasteiger partial charge in [-0.05, 0) is 12.0 Å². The fraction of sp³-hybridized carbons (Fsp3) is 0.556. The molecule has 5 nitrogen and oxygen atoms in total. The van der Waals surface area contributed by atoms with Gasteiger partial charge in [0.25, 0.3) is 0 Å². The third kappa shape index (κ3) is 3.21. The number of nitro groups is 1. The van der Waals surface area contributed by atoms with Crippen molar-refractivity contribution in [3.8, 4) is 0 Å². The molecule has 2 atom stereocenters. The first kappa shape index (κ1) is 13.9. The maximum absolute atomic E-state index is 10.3. The van der Waals surface area contributed by atoms with E-state index in [4.69, 9.17) is 10.2 Å². The molecule has 0 saturated heterocycles. The van der Waals surface area contributed by atoms with Crippen molar-refractivity contribution < 1.29 is 9.34 Å². The Hall–Kier alpha value is -1.07. The fourth-order valence-corrected chi connectivity index (χ4v) is 1.15. The second-order valence-corrected chi connectivity index (χ2v) is 3.34. The first-order chi connectivity index (χ1) is 6.56. The van der Waals surface area contributed by atoms with Crippen LogP contribution in [0.4, 0.5) is 5.88 Å². The quantitative estimate of drug-likeness (QED) is 0.641. The Balaban J connectivity index is 0.00000196. The fourth-order valence-electron chi connectivity index (χ4n) is 1.15. The van der Waals surface area contributed by atoms with Gasteiger partial charge in [0.15, 0.2) is 0 Å². The van der Waals surface area contributed by atoms with E-state index in [-0.39, 0.29) is 30.3 Å². The maximum atomic E-state index is 10.3. The average Bonchev–Trinajstić information content (AvgIpc) is 2.64.